The zero-order chi connectivity index (χ0) is 12.9. The lowest BCUT2D eigenvalue weighted by molar-refractivity contribution is 0.418. The number of aryl methyl sites for hydroxylation is 1. The Morgan fingerprint density at radius 3 is 2.50 bits per heavy atom. The van der Waals surface area contributed by atoms with Gasteiger partial charge in [-0.1, -0.05) is 37.6 Å². The third-order valence-corrected chi connectivity index (χ3v) is 3.71. The Morgan fingerprint density at radius 1 is 0.944 bits per heavy atom. The third kappa shape index (κ3) is 1.49. The van der Waals surface area contributed by atoms with Crippen LogP contribution < -0.4 is 10.5 Å². The van der Waals surface area contributed by atoms with E-state index in [4.69, 9.17) is 10.5 Å². The number of fused-ring (bicyclic) bond motifs is 2. The van der Waals surface area contributed by atoms with Gasteiger partial charge < -0.3 is 10.5 Å². The number of nitrogen functional groups attached to an aromatic ring is 1. The highest BCUT2D eigenvalue weighted by molar-refractivity contribution is 5.60. The highest BCUT2D eigenvalue weighted by Gasteiger charge is 2.34. The van der Waals surface area contributed by atoms with Gasteiger partial charge in [0.15, 0.2) is 0 Å². The standard InChI is InChI=1S/C16H17NO/c1-10-4-7-14-13(8-10)16(2,3)12-6-5-11(17)9-15(12)18-14/h4-9H,17H2,1-3H3. The summed E-state index contributed by atoms with van der Waals surface area (Å²) in [7, 11) is 0. The van der Waals surface area contributed by atoms with Crippen LogP contribution in [0.5, 0.6) is 11.5 Å². The molecule has 2 heteroatoms. The van der Waals surface area contributed by atoms with Crippen molar-refractivity contribution in [3.8, 4) is 11.5 Å². The van der Waals surface area contributed by atoms with Crippen molar-refractivity contribution < 1.29 is 4.74 Å². The van der Waals surface area contributed by atoms with Crippen molar-refractivity contribution in [2.45, 2.75) is 26.2 Å². The Bertz CT molecular complexity index is 629. The topological polar surface area (TPSA) is 35.2 Å². The molecule has 0 saturated heterocycles. The Kier molecular flexibility index (Phi) is 2.18. The molecule has 0 fully saturated rings. The number of benzene rings is 2. The van der Waals surface area contributed by atoms with Crippen molar-refractivity contribution in [1.82, 2.24) is 0 Å². The highest BCUT2D eigenvalue weighted by Crippen LogP contribution is 2.48. The van der Waals surface area contributed by atoms with Crippen LogP contribution in [0.25, 0.3) is 0 Å². The number of hydrogen-bond acceptors (Lipinski definition) is 2. The number of nitrogens with two attached hydrogens (primary N) is 1. The van der Waals surface area contributed by atoms with Gasteiger partial charge in [0, 0.05) is 28.3 Å². The first-order valence-electron chi connectivity index (χ1n) is 6.17. The number of anilines is 1. The molecule has 1 heterocycles. The minimum absolute atomic E-state index is 0.0529. The van der Waals surface area contributed by atoms with Gasteiger partial charge in [-0.15, -0.1) is 0 Å². The van der Waals surface area contributed by atoms with Crippen LogP contribution in [0.15, 0.2) is 36.4 Å². The number of rotatable bonds is 0. The van der Waals surface area contributed by atoms with E-state index in [-0.39, 0.29) is 5.41 Å². The lowest BCUT2D eigenvalue weighted by atomic mass is 9.75. The first kappa shape index (κ1) is 11.1. The fourth-order valence-electron chi connectivity index (χ4n) is 2.62. The maximum atomic E-state index is 5.97. The minimum Gasteiger partial charge on any atom is -0.457 e. The van der Waals surface area contributed by atoms with Gasteiger partial charge in [-0.2, -0.15) is 0 Å². The van der Waals surface area contributed by atoms with Crippen molar-refractivity contribution in [1.29, 1.82) is 0 Å². The molecule has 0 aromatic heterocycles. The zero-order valence-electron chi connectivity index (χ0n) is 10.9. The highest BCUT2D eigenvalue weighted by atomic mass is 16.5. The van der Waals surface area contributed by atoms with Gasteiger partial charge in [-0.25, -0.2) is 0 Å². The molecule has 0 spiro atoms. The van der Waals surface area contributed by atoms with Gasteiger partial charge in [-0.3, -0.25) is 0 Å². The van der Waals surface area contributed by atoms with E-state index in [1.165, 1.54) is 16.7 Å². The Hall–Kier alpha value is -1.96. The summed E-state index contributed by atoms with van der Waals surface area (Å²) < 4.78 is 5.97. The largest absolute Gasteiger partial charge is 0.457 e. The Balaban J connectivity index is 2.26. The predicted molar refractivity (Wildman–Crippen MR) is 74.2 cm³/mol. The molecule has 0 unspecified atom stereocenters. The molecule has 0 radical (unpaired) electrons. The van der Waals surface area contributed by atoms with Gasteiger partial charge >= 0.3 is 0 Å². The summed E-state index contributed by atoms with van der Waals surface area (Å²) in [6.07, 6.45) is 0. The molecule has 1 aliphatic rings. The number of hydrogen-bond donors (Lipinski definition) is 1. The molecule has 0 saturated carbocycles. The van der Waals surface area contributed by atoms with Crippen LogP contribution in [0.1, 0.15) is 30.5 Å². The maximum Gasteiger partial charge on any atom is 0.133 e. The monoisotopic (exact) mass is 239 g/mol. The molecule has 2 nitrogen and oxygen atoms in total. The molecule has 3 rings (SSSR count). The normalized spacial score (nSPS) is 15.5. The van der Waals surface area contributed by atoms with Crippen LogP contribution in [0, 0.1) is 6.92 Å². The van der Waals surface area contributed by atoms with Crippen LogP contribution in [0.3, 0.4) is 0 Å². The molecule has 2 N–H and O–H groups in total. The second kappa shape index (κ2) is 3.52. The zero-order valence-corrected chi connectivity index (χ0v) is 10.9. The Labute approximate surface area is 107 Å². The average Bonchev–Trinajstić information content (AvgIpc) is 2.30. The van der Waals surface area contributed by atoms with Gasteiger partial charge in [-0.05, 0) is 19.1 Å². The fraction of sp³-hybridized carbons (Fsp3) is 0.250. The lowest BCUT2D eigenvalue weighted by Crippen LogP contribution is -2.24. The van der Waals surface area contributed by atoms with Crippen LogP contribution in [0.4, 0.5) is 5.69 Å². The summed E-state index contributed by atoms with van der Waals surface area (Å²) in [5.74, 6) is 1.81. The molecule has 2 aromatic rings. The summed E-state index contributed by atoms with van der Waals surface area (Å²) in [5, 5.41) is 0. The van der Waals surface area contributed by atoms with Gasteiger partial charge in [0.1, 0.15) is 11.5 Å². The summed E-state index contributed by atoms with van der Waals surface area (Å²) in [4.78, 5) is 0. The number of ether oxygens (including phenoxy) is 1. The summed E-state index contributed by atoms with van der Waals surface area (Å²) in [6, 6.07) is 12.2. The van der Waals surface area contributed by atoms with Crippen molar-refractivity contribution >= 4 is 5.69 Å². The molecule has 2 aromatic carbocycles. The Morgan fingerprint density at radius 2 is 1.72 bits per heavy atom. The van der Waals surface area contributed by atoms with Crippen LogP contribution in [-0.4, -0.2) is 0 Å². The van der Waals surface area contributed by atoms with E-state index in [0.29, 0.717) is 0 Å². The molecular formula is C16H17NO. The van der Waals surface area contributed by atoms with E-state index < -0.39 is 0 Å². The molecule has 92 valence electrons. The summed E-state index contributed by atoms with van der Waals surface area (Å²) >= 11 is 0. The van der Waals surface area contributed by atoms with Crippen molar-refractivity contribution in [2.24, 2.45) is 0 Å². The summed E-state index contributed by atoms with van der Waals surface area (Å²) in [5.41, 5.74) is 10.2. The third-order valence-electron chi connectivity index (χ3n) is 3.71. The van der Waals surface area contributed by atoms with Gasteiger partial charge in [0.2, 0.25) is 0 Å². The first-order chi connectivity index (χ1) is 8.48. The summed E-state index contributed by atoms with van der Waals surface area (Å²) in [6.45, 7) is 6.56. The van der Waals surface area contributed by atoms with Crippen LogP contribution in [-0.2, 0) is 5.41 Å². The van der Waals surface area contributed by atoms with Crippen molar-refractivity contribution in [3.05, 3.63) is 53.1 Å². The molecule has 0 atom stereocenters. The molecule has 1 aliphatic heterocycles. The van der Waals surface area contributed by atoms with E-state index >= 15 is 0 Å². The minimum atomic E-state index is -0.0529. The lowest BCUT2D eigenvalue weighted by Gasteiger charge is -2.34. The van der Waals surface area contributed by atoms with Crippen molar-refractivity contribution in [3.63, 3.8) is 0 Å². The second-order valence-corrected chi connectivity index (χ2v) is 5.48. The van der Waals surface area contributed by atoms with E-state index in [1.807, 2.05) is 18.2 Å². The first-order valence-corrected chi connectivity index (χ1v) is 6.17. The van der Waals surface area contributed by atoms with E-state index in [1.54, 1.807) is 0 Å². The van der Waals surface area contributed by atoms with Crippen molar-refractivity contribution in [2.75, 3.05) is 5.73 Å². The van der Waals surface area contributed by atoms with Gasteiger partial charge in [0.25, 0.3) is 0 Å². The van der Waals surface area contributed by atoms with Crippen LogP contribution in [0.2, 0.25) is 0 Å². The maximum absolute atomic E-state index is 5.97. The van der Waals surface area contributed by atoms with E-state index in [9.17, 15) is 0 Å². The van der Waals surface area contributed by atoms with E-state index in [2.05, 4.69) is 39.0 Å². The van der Waals surface area contributed by atoms with E-state index in [0.717, 1.165) is 17.2 Å². The fourth-order valence-corrected chi connectivity index (χ4v) is 2.62. The van der Waals surface area contributed by atoms with Crippen LogP contribution >= 0.6 is 0 Å². The predicted octanol–water partition coefficient (Wildman–Crippen LogP) is 4.01. The molecular weight excluding hydrogens is 222 g/mol. The smallest absolute Gasteiger partial charge is 0.133 e. The molecule has 18 heavy (non-hydrogen) atoms. The molecule has 0 bridgehead atoms. The average molecular weight is 239 g/mol. The van der Waals surface area contributed by atoms with Gasteiger partial charge in [0.05, 0.1) is 0 Å². The molecule has 0 aliphatic carbocycles. The second-order valence-electron chi connectivity index (χ2n) is 5.48. The molecule has 0 amide bonds. The SMILES string of the molecule is Cc1ccc2c(c1)C(C)(C)c1ccc(N)cc1O2. The quantitative estimate of drug-likeness (QED) is 0.705.